The Morgan fingerprint density at radius 1 is 0.974 bits per heavy atom. The summed E-state index contributed by atoms with van der Waals surface area (Å²) in [6.45, 7) is 3.36. The van der Waals surface area contributed by atoms with Crippen molar-refractivity contribution < 1.29 is 23.4 Å². The Balaban J connectivity index is 1.47. The minimum Gasteiger partial charge on any atom is -0.493 e. The number of aromatic nitrogens is 1. The van der Waals surface area contributed by atoms with Crippen LogP contribution in [0.4, 0.5) is 5.13 Å². The molecule has 9 heteroatoms. The highest BCUT2D eigenvalue weighted by atomic mass is 32.1. The number of anilines is 1. The molecule has 0 atom stereocenters. The molecule has 1 amide bonds. The number of carbonyl (C=O) groups excluding carboxylic acids is 1. The fourth-order valence-corrected chi connectivity index (χ4v) is 5.03. The van der Waals surface area contributed by atoms with Gasteiger partial charge in [0, 0.05) is 16.5 Å². The van der Waals surface area contributed by atoms with E-state index in [1.165, 1.54) is 25.6 Å². The van der Waals surface area contributed by atoms with Crippen molar-refractivity contribution in [1.82, 2.24) is 4.98 Å². The number of hydrogen-bond donors (Lipinski definition) is 1. The Bertz CT molecular complexity index is 1730. The number of aryl methyl sites for hydroxylation is 2. The number of nitrogens with one attached hydrogen (secondary N) is 1. The summed E-state index contributed by atoms with van der Waals surface area (Å²) in [6, 6.07) is 18.5. The van der Waals surface area contributed by atoms with E-state index < -0.39 is 12.5 Å². The third kappa shape index (κ3) is 5.35. The maximum absolute atomic E-state index is 13.7. The van der Waals surface area contributed by atoms with Crippen LogP contribution in [0.5, 0.6) is 17.2 Å². The van der Waals surface area contributed by atoms with Crippen LogP contribution >= 0.6 is 11.3 Å². The van der Waals surface area contributed by atoms with Gasteiger partial charge in [0.2, 0.25) is 11.2 Å². The van der Waals surface area contributed by atoms with E-state index in [0.717, 1.165) is 22.4 Å². The SMILES string of the molecule is COc1ccc(-c2oc3c(C)cc(C)cc3c(=O)c2OCC(=O)Nc2nc(-c3ccccc3)cs2)cc1OC. The molecule has 0 saturated carbocycles. The molecule has 0 bridgehead atoms. The van der Waals surface area contributed by atoms with Crippen LogP contribution in [0.3, 0.4) is 0 Å². The molecule has 39 heavy (non-hydrogen) atoms. The number of fused-ring (bicyclic) bond motifs is 1. The number of hydrogen-bond acceptors (Lipinski definition) is 8. The number of ether oxygens (including phenoxy) is 3. The van der Waals surface area contributed by atoms with Gasteiger partial charge in [0.1, 0.15) is 5.58 Å². The fraction of sp³-hybridized carbons (Fsp3) is 0.167. The van der Waals surface area contributed by atoms with Gasteiger partial charge < -0.3 is 18.6 Å². The van der Waals surface area contributed by atoms with Crippen LogP contribution in [0.15, 0.2) is 75.3 Å². The van der Waals surface area contributed by atoms with Crippen molar-refractivity contribution in [1.29, 1.82) is 0 Å². The van der Waals surface area contributed by atoms with E-state index in [9.17, 15) is 9.59 Å². The average molecular weight is 543 g/mol. The van der Waals surface area contributed by atoms with Gasteiger partial charge in [-0.15, -0.1) is 11.3 Å². The van der Waals surface area contributed by atoms with Crippen molar-refractivity contribution in [3.05, 3.63) is 87.4 Å². The predicted octanol–water partition coefficient (Wildman–Crippen LogP) is 6.24. The van der Waals surface area contributed by atoms with Crippen LogP contribution in [-0.4, -0.2) is 31.7 Å². The highest BCUT2D eigenvalue weighted by Gasteiger charge is 2.22. The number of nitrogens with zero attached hydrogens (tertiary/aromatic N) is 1. The molecule has 0 saturated heterocycles. The second kappa shape index (κ2) is 11.0. The lowest BCUT2D eigenvalue weighted by Crippen LogP contribution is -2.22. The van der Waals surface area contributed by atoms with Gasteiger partial charge in [-0.25, -0.2) is 4.98 Å². The summed E-state index contributed by atoms with van der Waals surface area (Å²) in [5.41, 5.74) is 4.04. The van der Waals surface area contributed by atoms with E-state index in [1.807, 2.05) is 55.6 Å². The third-order valence-corrected chi connectivity index (χ3v) is 6.85. The summed E-state index contributed by atoms with van der Waals surface area (Å²) in [5.74, 6) is 0.645. The maximum Gasteiger partial charge on any atom is 0.264 e. The summed E-state index contributed by atoms with van der Waals surface area (Å²) >= 11 is 1.31. The molecule has 0 radical (unpaired) electrons. The Morgan fingerprint density at radius 3 is 2.49 bits per heavy atom. The van der Waals surface area contributed by atoms with Gasteiger partial charge in [0.05, 0.1) is 25.3 Å². The topological polar surface area (TPSA) is 99.9 Å². The minimum absolute atomic E-state index is 0.0704. The lowest BCUT2D eigenvalue weighted by molar-refractivity contribution is -0.118. The number of thiazole rings is 1. The first-order chi connectivity index (χ1) is 18.9. The van der Waals surface area contributed by atoms with Crippen LogP contribution in [0.1, 0.15) is 11.1 Å². The maximum atomic E-state index is 13.7. The Morgan fingerprint density at radius 2 is 1.74 bits per heavy atom. The number of amides is 1. The summed E-state index contributed by atoms with van der Waals surface area (Å²) in [7, 11) is 3.06. The van der Waals surface area contributed by atoms with Crippen molar-refractivity contribution in [2.75, 3.05) is 26.1 Å². The molecule has 198 valence electrons. The summed E-state index contributed by atoms with van der Waals surface area (Å²) in [4.78, 5) is 30.9. The van der Waals surface area contributed by atoms with Crippen LogP contribution in [0.25, 0.3) is 33.6 Å². The van der Waals surface area contributed by atoms with Crippen molar-refractivity contribution in [3.63, 3.8) is 0 Å². The van der Waals surface area contributed by atoms with E-state index in [2.05, 4.69) is 10.3 Å². The average Bonchev–Trinajstić information content (AvgIpc) is 3.41. The van der Waals surface area contributed by atoms with Gasteiger partial charge >= 0.3 is 0 Å². The molecular formula is C30H26N2O6S. The predicted molar refractivity (Wildman–Crippen MR) is 152 cm³/mol. The lowest BCUT2D eigenvalue weighted by atomic mass is 10.0. The Hall–Kier alpha value is -4.63. The Kier molecular flexibility index (Phi) is 7.33. The standard InChI is InChI=1S/C30H26N2O6S/c1-17-12-18(2)27-21(13-17)26(34)29(28(38-27)20-10-11-23(35-3)24(14-20)36-4)37-15-25(33)32-30-31-22(16-39-30)19-8-6-5-7-9-19/h5-14,16H,15H2,1-4H3,(H,31,32,33). The quantitative estimate of drug-likeness (QED) is 0.248. The molecule has 2 aromatic heterocycles. The van der Waals surface area contributed by atoms with Crippen LogP contribution in [0, 0.1) is 13.8 Å². The zero-order valence-corrected chi connectivity index (χ0v) is 22.7. The molecule has 0 spiro atoms. The molecule has 0 aliphatic heterocycles. The van der Waals surface area contributed by atoms with E-state index in [0.29, 0.717) is 33.2 Å². The molecule has 5 rings (SSSR count). The van der Waals surface area contributed by atoms with E-state index in [1.54, 1.807) is 24.3 Å². The molecule has 0 aliphatic rings. The molecular weight excluding hydrogens is 516 g/mol. The zero-order valence-electron chi connectivity index (χ0n) is 21.9. The smallest absolute Gasteiger partial charge is 0.264 e. The van der Waals surface area contributed by atoms with Gasteiger partial charge in [0.25, 0.3) is 5.91 Å². The van der Waals surface area contributed by atoms with E-state index in [-0.39, 0.29) is 16.9 Å². The first-order valence-corrected chi connectivity index (χ1v) is 13.0. The van der Waals surface area contributed by atoms with E-state index >= 15 is 0 Å². The van der Waals surface area contributed by atoms with Gasteiger partial charge in [0.15, 0.2) is 29.0 Å². The van der Waals surface area contributed by atoms with Gasteiger partial charge in [-0.3, -0.25) is 14.9 Å². The van der Waals surface area contributed by atoms with Crippen LogP contribution < -0.4 is 25.0 Å². The summed E-state index contributed by atoms with van der Waals surface area (Å²) in [6.07, 6.45) is 0. The highest BCUT2D eigenvalue weighted by molar-refractivity contribution is 7.14. The second-order valence-electron chi connectivity index (χ2n) is 8.86. The second-order valence-corrected chi connectivity index (χ2v) is 9.72. The van der Waals surface area contributed by atoms with Gasteiger partial charge in [-0.05, 0) is 49.2 Å². The number of benzene rings is 3. The number of carbonyl (C=O) groups is 1. The van der Waals surface area contributed by atoms with Gasteiger partial charge in [-0.2, -0.15) is 0 Å². The molecule has 5 aromatic rings. The molecule has 3 aromatic carbocycles. The number of methoxy groups -OCH3 is 2. The normalized spacial score (nSPS) is 10.9. The molecule has 0 fully saturated rings. The van der Waals surface area contributed by atoms with Crippen molar-refractivity contribution in [2.45, 2.75) is 13.8 Å². The van der Waals surface area contributed by atoms with Gasteiger partial charge in [-0.1, -0.05) is 36.4 Å². The summed E-state index contributed by atoms with van der Waals surface area (Å²) < 4.78 is 22.9. The largest absolute Gasteiger partial charge is 0.493 e. The third-order valence-electron chi connectivity index (χ3n) is 6.09. The monoisotopic (exact) mass is 542 g/mol. The summed E-state index contributed by atoms with van der Waals surface area (Å²) in [5, 5.41) is 5.41. The van der Waals surface area contributed by atoms with Crippen molar-refractivity contribution >= 4 is 33.3 Å². The molecule has 8 nitrogen and oxygen atoms in total. The zero-order chi connectivity index (χ0) is 27.5. The fourth-order valence-electron chi connectivity index (χ4n) is 4.30. The highest BCUT2D eigenvalue weighted by Crippen LogP contribution is 2.37. The lowest BCUT2D eigenvalue weighted by Gasteiger charge is -2.14. The van der Waals surface area contributed by atoms with Crippen molar-refractivity contribution in [3.8, 4) is 39.8 Å². The van der Waals surface area contributed by atoms with Crippen molar-refractivity contribution in [2.24, 2.45) is 0 Å². The van der Waals surface area contributed by atoms with Crippen LogP contribution in [0.2, 0.25) is 0 Å². The Labute approximate surface area is 228 Å². The first-order valence-electron chi connectivity index (χ1n) is 12.1. The first kappa shape index (κ1) is 26.0. The van der Waals surface area contributed by atoms with Crippen LogP contribution in [-0.2, 0) is 4.79 Å². The minimum atomic E-state index is -0.456. The molecule has 2 heterocycles. The van der Waals surface area contributed by atoms with E-state index in [4.69, 9.17) is 18.6 Å². The molecule has 0 aliphatic carbocycles. The molecule has 1 N–H and O–H groups in total. The number of rotatable bonds is 8. The molecule has 0 unspecified atom stereocenters.